The molecule has 242 valence electrons. The molecule has 1 amide bonds. The van der Waals surface area contributed by atoms with E-state index in [4.69, 9.17) is 0 Å². The molecule has 3 aromatic carbocycles. The number of aliphatic hydroxyl groups is 2. The van der Waals surface area contributed by atoms with Crippen molar-refractivity contribution >= 4 is 17.6 Å². The fraction of sp³-hybridized carbons (Fsp3) is 0.459. The Bertz CT molecular complexity index is 1390. The van der Waals surface area contributed by atoms with E-state index in [2.05, 4.69) is 24.1 Å². The smallest absolute Gasteiger partial charge is 0.309 e. The Morgan fingerprint density at radius 3 is 2.00 bits per heavy atom. The first kappa shape index (κ1) is 34.3. The number of hydrogen-bond donors (Lipinski definition) is 4. The van der Waals surface area contributed by atoms with Crippen LogP contribution in [0.1, 0.15) is 70.5 Å². The number of para-hydroxylation sites is 1. The highest BCUT2D eigenvalue weighted by atomic mass is 19.1. The number of hydrogen-bond acceptors (Lipinski definition) is 5. The molecule has 4 rings (SSSR count). The zero-order valence-electron chi connectivity index (χ0n) is 26.8. The SMILES string of the molecule is CC(C)C1C(C(=O)Nc2ccccc2)C(c2ccccc2)C(c2ccc(F)cc2)N1CCC(O)CC(O)C(C(=O)O)C(C)(C)C. The number of likely N-dealkylation sites (tertiary alicyclic amines) is 1. The second-order valence-corrected chi connectivity index (χ2v) is 13.7. The summed E-state index contributed by atoms with van der Waals surface area (Å²) in [7, 11) is 0. The van der Waals surface area contributed by atoms with Crippen molar-refractivity contribution in [1.29, 1.82) is 0 Å². The van der Waals surface area contributed by atoms with Crippen LogP contribution >= 0.6 is 0 Å². The Hall–Kier alpha value is -3.59. The van der Waals surface area contributed by atoms with Gasteiger partial charge in [0.15, 0.2) is 0 Å². The van der Waals surface area contributed by atoms with Gasteiger partial charge in [-0.2, -0.15) is 0 Å². The van der Waals surface area contributed by atoms with Gasteiger partial charge in [0.1, 0.15) is 5.82 Å². The van der Waals surface area contributed by atoms with Gasteiger partial charge in [0.05, 0.1) is 24.0 Å². The Kier molecular flexibility index (Phi) is 11.2. The van der Waals surface area contributed by atoms with E-state index in [0.717, 1.165) is 11.1 Å². The summed E-state index contributed by atoms with van der Waals surface area (Å²) in [5, 5.41) is 34.9. The highest BCUT2D eigenvalue weighted by molar-refractivity contribution is 5.94. The molecule has 0 radical (unpaired) electrons. The molecule has 0 aromatic heterocycles. The molecule has 1 saturated heterocycles. The maximum atomic E-state index is 14.3. The number of carbonyl (C=O) groups excluding carboxylic acids is 1. The van der Waals surface area contributed by atoms with E-state index in [0.29, 0.717) is 12.2 Å². The van der Waals surface area contributed by atoms with Gasteiger partial charge in [0, 0.05) is 36.7 Å². The average molecular weight is 619 g/mol. The summed E-state index contributed by atoms with van der Waals surface area (Å²) in [6, 6.07) is 25.1. The number of carboxylic acid groups (broad SMARTS) is 1. The van der Waals surface area contributed by atoms with Gasteiger partial charge >= 0.3 is 5.97 Å². The van der Waals surface area contributed by atoms with Crippen molar-refractivity contribution in [1.82, 2.24) is 4.90 Å². The Balaban J connectivity index is 1.72. The van der Waals surface area contributed by atoms with Crippen molar-refractivity contribution in [3.63, 3.8) is 0 Å². The van der Waals surface area contributed by atoms with E-state index in [9.17, 15) is 29.3 Å². The quantitative estimate of drug-likeness (QED) is 0.185. The fourth-order valence-electron chi connectivity index (χ4n) is 7.22. The van der Waals surface area contributed by atoms with Crippen LogP contribution in [0.25, 0.3) is 0 Å². The molecule has 0 aliphatic carbocycles. The van der Waals surface area contributed by atoms with Crippen molar-refractivity contribution in [2.75, 3.05) is 11.9 Å². The summed E-state index contributed by atoms with van der Waals surface area (Å²) in [6.45, 7) is 9.82. The zero-order valence-corrected chi connectivity index (χ0v) is 26.8. The van der Waals surface area contributed by atoms with Crippen molar-refractivity contribution in [3.8, 4) is 0 Å². The van der Waals surface area contributed by atoms with E-state index < -0.39 is 35.4 Å². The topological polar surface area (TPSA) is 110 Å². The van der Waals surface area contributed by atoms with Crippen LogP contribution in [0.5, 0.6) is 0 Å². The second kappa shape index (κ2) is 14.7. The molecular formula is C37H47FN2O5. The highest BCUT2D eigenvalue weighted by Crippen LogP contribution is 2.53. The first-order valence-corrected chi connectivity index (χ1v) is 15.8. The lowest BCUT2D eigenvalue weighted by atomic mass is 9.76. The number of anilines is 1. The summed E-state index contributed by atoms with van der Waals surface area (Å²) in [6.07, 6.45) is -2.04. The third kappa shape index (κ3) is 8.17. The van der Waals surface area contributed by atoms with Gasteiger partial charge in [0.25, 0.3) is 0 Å². The van der Waals surface area contributed by atoms with Crippen LogP contribution in [0.3, 0.4) is 0 Å². The number of amides is 1. The molecule has 0 spiro atoms. The molecule has 7 atom stereocenters. The van der Waals surface area contributed by atoms with Crippen molar-refractivity contribution < 1.29 is 29.3 Å². The number of rotatable bonds is 12. The Labute approximate surface area is 266 Å². The van der Waals surface area contributed by atoms with Crippen molar-refractivity contribution in [2.45, 2.75) is 77.7 Å². The van der Waals surface area contributed by atoms with Crippen LogP contribution in [-0.2, 0) is 9.59 Å². The normalized spacial score (nSPS) is 22.6. The standard InChI is InChI=1S/C37H47FN2O5/c1-23(2)33-31(35(43)39-27-14-10-7-11-15-27)30(24-12-8-6-9-13-24)34(25-16-18-26(38)19-17-25)40(33)21-20-28(41)22-29(42)32(36(44)45)37(3,4)5/h6-19,23,28-34,41-42H,20-22H2,1-5H3,(H,39,43)(H,44,45). The van der Waals surface area contributed by atoms with E-state index in [1.807, 2.05) is 60.7 Å². The van der Waals surface area contributed by atoms with Crippen LogP contribution in [0.4, 0.5) is 10.1 Å². The van der Waals surface area contributed by atoms with Gasteiger partial charge in [-0.05, 0) is 53.1 Å². The molecule has 3 aromatic rings. The number of carbonyl (C=O) groups is 2. The van der Waals surface area contributed by atoms with E-state index >= 15 is 0 Å². The summed E-state index contributed by atoms with van der Waals surface area (Å²) in [5.41, 5.74) is 1.85. The number of aliphatic hydroxyl groups excluding tert-OH is 2. The predicted octanol–water partition coefficient (Wildman–Crippen LogP) is 6.49. The predicted molar refractivity (Wildman–Crippen MR) is 174 cm³/mol. The molecule has 0 bridgehead atoms. The molecule has 8 heteroatoms. The average Bonchev–Trinajstić information content (AvgIpc) is 3.32. The molecule has 45 heavy (non-hydrogen) atoms. The van der Waals surface area contributed by atoms with Crippen LogP contribution in [0, 0.1) is 29.0 Å². The second-order valence-electron chi connectivity index (χ2n) is 13.7. The lowest BCUT2D eigenvalue weighted by molar-refractivity contribution is -0.152. The van der Waals surface area contributed by atoms with Crippen molar-refractivity contribution in [3.05, 3.63) is 102 Å². The first-order valence-electron chi connectivity index (χ1n) is 15.8. The third-order valence-electron chi connectivity index (χ3n) is 9.08. The molecule has 1 heterocycles. The molecule has 4 N–H and O–H groups in total. The monoisotopic (exact) mass is 618 g/mol. The first-order chi connectivity index (χ1) is 21.3. The zero-order chi connectivity index (χ0) is 32.9. The summed E-state index contributed by atoms with van der Waals surface area (Å²) in [4.78, 5) is 28.5. The lowest BCUT2D eigenvalue weighted by Crippen LogP contribution is -2.44. The molecule has 7 unspecified atom stereocenters. The minimum Gasteiger partial charge on any atom is -0.481 e. The number of halogens is 1. The fourth-order valence-corrected chi connectivity index (χ4v) is 7.22. The van der Waals surface area contributed by atoms with E-state index in [1.165, 1.54) is 12.1 Å². The van der Waals surface area contributed by atoms with Crippen LogP contribution < -0.4 is 5.32 Å². The molecule has 1 aliphatic heterocycles. The summed E-state index contributed by atoms with van der Waals surface area (Å²) < 4.78 is 14.1. The number of carboxylic acids is 1. The van der Waals surface area contributed by atoms with Gasteiger partial charge < -0.3 is 20.6 Å². The van der Waals surface area contributed by atoms with E-state index in [1.54, 1.807) is 32.9 Å². The maximum absolute atomic E-state index is 14.3. The van der Waals surface area contributed by atoms with Crippen LogP contribution in [0.2, 0.25) is 0 Å². The molecule has 1 aliphatic rings. The number of aliphatic carboxylic acids is 1. The molecule has 7 nitrogen and oxygen atoms in total. The largest absolute Gasteiger partial charge is 0.481 e. The number of benzene rings is 3. The lowest BCUT2D eigenvalue weighted by Gasteiger charge is -2.35. The van der Waals surface area contributed by atoms with Gasteiger partial charge in [-0.15, -0.1) is 0 Å². The number of nitrogens with one attached hydrogen (secondary N) is 1. The van der Waals surface area contributed by atoms with Crippen LogP contribution in [-0.4, -0.2) is 56.9 Å². The summed E-state index contributed by atoms with van der Waals surface area (Å²) in [5.74, 6) is -3.34. The maximum Gasteiger partial charge on any atom is 0.309 e. The van der Waals surface area contributed by atoms with E-state index in [-0.39, 0.29) is 48.5 Å². The molecular weight excluding hydrogens is 571 g/mol. The number of nitrogens with zero attached hydrogens (tertiary/aromatic N) is 1. The molecule has 1 fully saturated rings. The van der Waals surface area contributed by atoms with Gasteiger partial charge in [-0.25, -0.2) is 4.39 Å². The Morgan fingerprint density at radius 1 is 0.889 bits per heavy atom. The minimum absolute atomic E-state index is 0.0354. The van der Waals surface area contributed by atoms with Gasteiger partial charge in [-0.3, -0.25) is 14.5 Å². The third-order valence-corrected chi connectivity index (χ3v) is 9.08. The highest BCUT2D eigenvalue weighted by Gasteiger charge is 2.53. The van der Waals surface area contributed by atoms with Crippen molar-refractivity contribution in [2.24, 2.45) is 23.2 Å². The van der Waals surface area contributed by atoms with Gasteiger partial charge in [0.2, 0.25) is 5.91 Å². The minimum atomic E-state index is -1.23. The Morgan fingerprint density at radius 2 is 1.47 bits per heavy atom. The van der Waals surface area contributed by atoms with Gasteiger partial charge in [-0.1, -0.05) is 95.3 Å². The van der Waals surface area contributed by atoms with Crippen LogP contribution in [0.15, 0.2) is 84.9 Å². The summed E-state index contributed by atoms with van der Waals surface area (Å²) >= 11 is 0. The molecule has 0 saturated carbocycles.